The molecule has 0 aliphatic carbocycles. The van der Waals surface area contributed by atoms with Crippen LogP contribution >= 0.6 is 0 Å². The molecule has 2 N–H and O–H groups in total. The van der Waals surface area contributed by atoms with Crippen LogP contribution in [0.5, 0.6) is 0 Å². The van der Waals surface area contributed by atoms with Crippen LogP contribution in [0.15, 0.2) is 59.7 Å². The molecule has 0 unspecified atom stereocenters. The molecule has 0 atom stereocenters. The van der Waals surface area contributed by atoms with E-state index in [2.05, 4.69) is 27.9 Å². The third-order valence-corrected chi connectivity index (χ3v) is 4.47. The molecule has 1 aromatic carbocycles. The van der Waals surface area contributed by atoms with Crippen molar-refractivity contribution in [3.63, 3.8) is 0 Å². The molecule has 0 bridgehead atoms. The Morgan fingerprint density at radius 3 is 2.60 bits per heavy atom. The van der Waals surface area contributed by atoms with Crippen molar-refractivity contribution in [2.45, 2.75) is 32.7 Å². The molecule has 3 rings (SSSR count). The number of hydrogen-bond acceptors (Lipinski definition) is 5. The normalized spacial score (nSPS) is 11.0. The predicted molar refractivity (Wildman–Crippen MR) is 114 cm³/mol. The Morgan fingerprint density at radius 1 is 1.07 bits per heavy atom. The number of unbranched alkanes of at least 4 members (excludes halogenated alkanes) is 2. The quantitative estimate of drug-likeness (QED) is 0.357. The fraction of sp³-hybridized carbons (Fsp3) is 0.227. The maximum atomic E-state index is 12.7. The van der Waals surface area contributed by atoms with Crippen molar-refractivity contribution in [3.05, 3.63) is 76.5 Å². The summed E-state index contributed by atoms with van der Waals surface area (Å²) in [4.78, 5) is 41.3. The number of hydrazine groups is 1. The topological polar surface area (TPSA) is 106 Å². The predicted octanol–water partition coefficient (Wildman–Crippen LogP) is 2.46. The highest BCUT2D eigenvalue weighted by atomic mass is 16.2. The lowest BCUT2D eigenvalue weighted by atomic mass is 10.1. The van der Waals surface area contributed by atoms with E-state index in [-0.39, 0.29) is 11.3 Å². The molecule has 2 aromatic heterocycles. The number of pyridine rings is 1. The van der Waals surface area contributed by atoms with Gasteiger partial charge in [-0.15, -0.1) is 0 Å². The Kier molecular flexibility index (Phi) is 7.05. The van der Waals surface area contributed by atoms with E-state index in [1.165, 1.54) is 10.8 Å². The zero-order valence-corrected chi connectivity index (χ0v) is 16.7. The van der Waals surface area contributed by atoms with Crippen LogP contribution in [0, 0.1) is 0 Å². The van der Waals surface area contributed by atoms with Crippen LogP contribution in [-0.4, -0.2) is 26.6 Å². The second-order valence-electron chi connectivity index (χ2n) is 6.69. The molecule has 0 aliphatic rings. The van der Waals surface area contributed by atoms with Crippen LogP contribution in [-0.2, 0) is 11.3 Å². The van der Waals surface area contributed by atoms with Gasteiger partial charge in [-0.05, 0) is 30.2 Å². The number of rotatable bonds is 7. The van der Waals surface area contributed by atoms with Gasteiger partial charge < -0.3 is 0 Å². The van der Waals surface area contributed by atoms with Gasteiger partial charge in [0.25, 0.3) is 17.4 Å². The Bertz CT molecular complexity index is 1120. The van der Waals surface area contributed by atoms with Crippen molar-refractivity contribution in [3.8, 4) is 0 Å². The molecule has 3 aromatic rings. The monoisotopic (exact) mass is 405 g/mol. The number of nitrogens with zero attached hydrogens (tertiary/aromatic N) is 3. The molecule has 2 heterocycles. The first kappa shape index (κ1) is 20.9. The molecule has 8 heteroatoms. The van der Waals surface area contributed by atoms with Gasteiger partial charge in [0, 0.05) is 30.4 Å². The van der Waals surface area contributed by atoms with Crippen molar-refractivity contribution in [2.24, 2.45) is 0 Å². The summed E-state index contributed by atoms with van der Waals surface area (Å²) in [7, 11) is 0. The first-order valence-electron chi connectivity index (χ1n) is 9.78. The SMILES string of the molecule is CCCCCn1nc(C(=O)NNC(=O)/C=C/c2cccnc2)c2ccccc2c1=O. The number of fused-ring (bicyclic) bond motifs is 1. The highest BCUT2D eigenvalue weighted by Gasteiger charge is 2.16. The number of carbonyl (C=O) groups excluding carboxylic acids is 2. The van der Waals surface area contributed by atoms with E-state index in [0.717, 1.165) is 24.8 Å². The van der Waals surface area contributed by atoms with Crippen LogP contribution in [0.1, 0.15) is 42.2 Å². The summed E-state index contributed by atoms with van der Waals surface area (Å²) < 4.78 is 1.32. The van der Waals surface area contributed by atoms with Gasteiger partial charge in [-0.2, -0.15) is 5.10 Å². The lowest BCUT2D eigenvalue weighted by Gasteiger charge is -2.11. The Labute approximate surface area is 173 Å². The van der Waals surface area contributed by atoms with E-state index in [1.807, 2.05) is 0 Å². The lowest BCUT2D eigenvalue weighted by Crippen LogP contribution is -2.42. The zero-order chi connectivity index (χ0) is 21.3. The molecule has 0 spiro atoms. The minimum absolute atomic E-state index is 0.0817. The summed E-state index contributed by atoms with van der Waals surface area (Å²) in [6.45, 7) is 2.50. The smallest absolute Gasteiger partial charge is 0.268 e. The van der Waals surface area contributed by atoms with Crippen molar-refractivity contribution >= 4 is 28.7 Å². The maximum absolute atomic E-state index is 12.7. The summed E-state index contributed by atoms with van der Waals surface area (Å²) in [5.41, 5.74) is 5.29. The van der Waals surface area contributed by atoms with Gasteiger partial charge in [0.05, 0.1) is 5.39 Å². The zero-order valence-electron chi connectivity index (χ0n) is 16.7. The molecule has 0 aliphatic heterocycles. The Hall–Kier alpha value is -3.81. The molecule has 8 nitrogen and oxygen atoms in total. The van der Waals surface area contributed by atoms with Gasteiger partial charge in [0.15, 0.2) is 5.69 Å². The van der Waals surface area contributed by atoms with Gasteiger partial charge in [-0.25, -0.2) is 4.68 Å². The number of amides is 2. The fourth-order valence-electron chi connectivity index (χ4n) is 2.93. The summed E-state index contributed by atoms with van der Waals surface area (Å²) in [5.74, 6) is -1.11. The van der Waals surface area contributed by atoms with Crippen molar-refractivity contribution in [2.75, 3.05) is 0 Å². The second kappa shape index (κ2) is 10.1. The van der Waals surface area contributed by atoms with Crippen LogP contribution < -0.4 is 16.4 Å². The molecule has 0 saturated carbocycles. The van der Waals surface area contributed by atoms with E-state index in [9.17, 15) is 14.4 Å². The fourth-order valence-corrected chi connectivity index (χ4v) is 2.93. The van der Waals surface area contributed by atoms with E-state index in [1.54, 1.807) is 54.9 Å². The Balaban J connectivity index is 1.76. The van der Waals surface area contributed by atoms with E-state index >= 15 is 0 Å². The third-order valence-electron chi connectivity index (χ3n) is 4.47. The lowest BCUT2D eigenvalue weighted by molar-refractivity contribution is -0.117. The van der Waals surface area contributed by atoms with Crippen LogP contribution in [0.25, 0.3) is 16.8 Å². The summed E-state index contributed by atoms with van der Waals surface area (Å²) >= 11 is 0. The molecule has 0 saturated heterocycles. The van der Waals surface area contributed by atoms with Crippen molar-refractivity contribution < 1.29 is 9.59 Å². The second-order valence-corrected chi connectivity index (χ2v) is 6.69. The molecular weight excluding hydrogens is 382 g/mol. The Morgan fingerprint density at radius 2 is 1.87 bits per heavy atom. The van der Waals surface area contributed by atoms with Crippen LogP contribution in [0.4, 0.5) is 0 Å². The molecule has 30 heavy (non-hydrogen) atoms. The molecule has 0 radical (unpaired) electrons. The summed E-state index contributed by atoms with van der Waals surface area (Å²) in [6.07, 6.45) is 8.87. The van der Waals surface area contributed by atoms with Crippen LogP contribution in [0.2, 0.25) is 0 Å². The highest BCUT2D eigenvalue weighted by molar-refractivity contribution is 6.05. The maximum Gasteiger partial charge on any atom is 0.290 e. The number of aryl methyl sites for hydroxylation is 1. The molecule has 2 amide bonds. The molecule has 0 fully saturated rings. The van der Waals surface area contributed by atoms with Gasteiger partial charge in [-0.3, -0.25) is 30.2 Å². The van der Waals surface area contributed by atoms with E-state index < -0.39 is 11.8 Å². The van der Waals surface area contributed by atoms with Crippen molar-refractivity contribution in [1.82, 2.24) is 25.6 Å². The highest BCUT2D eigenvalue weighted by Crippen LogP contribution is 2.13. The number of aromatic nitrogens is 3. The number of hydrogen-bond donors (Lipinski definition) is 2. The molecule has 154 valence electrons. The van der Waals surface area contributed by atoms with Gasteiger partial charge in [0.1, 0.15) is 0 Å². The average Bonchev–Trinajstić information content (AvgIpc) is 2.78. The van der Waals surface area contributed by atoms with Crippen LogP contribution in [0.3, 0.4) is 0 Å². The minimum Gasteiger partial charge on any atom is -0.268 e. The number of benzene rings is 1. The van der Waals surface area contributed by atoms with E-state index in [4.69, 9.17) is 0 Å². The average molecular weight is 405 g/mol. The first-order chi connectivity index (χ1) is 14.6. The number of nitrogens with one attached hydrogen (secondary N) is 2. The summed E-state index contributed by atoms with van der Waals surface area (Å²) in [5, 5.41) is 5.11. The number of carbonyl (C=O) groups is 2. The largest absolute Gasteiger partial charge is 0.290 e. The molecular formula is C22H23N5O3. The van der Waals surface area contributed by atoms with Gasteiger partial charge in [-0.1, -0.05) is 44.0 Å². The third kappa shape index (κ3) is 5.16. The standard InChI is InChI=1S/C22H23N5O3/c1-2-3-6-14-27-22(30)18-10-5-4-9-17(18)20(26-27)21(29)25-24-19(28)12-11-16-8-7-13-23-15-16/h4-5,7-13,15H,2-3,6,14H2,1H3,(H,24,28)(H,25,29)/b12-11+. The summed E-state index contributed by atoms with van der Waals surface area (Å²) in [6, 6.07) is 10.4. The van der Waals surface area contributed by atoms with Gasteiger partial charge in [0.2, 0.25) is 0 Å². The first-order valence-corrected chi connectivity index (χ1v) is 9.78. The minimum atomic E-state index is -0.599. The van der Waals surface area contributed by atoms with Crippen molar-refractivity contribution in [1.29, 1.82) is 0 Å². The van der Waals surface area contributed by atoms with E-state index in [0.29, 0.717) is 17.3 Å². The van der Waals surface area contributed by atoms with Gasteiger partial charge >= 0.3 is 0 Å².